The van der Waals surface area contributed by atoms with Gasteiger partial charge in [0.1, 0.15) is 6.54 Å². The molecule has 1 heterocycles. The highest BCUT2D eigenvalue weighted by molar-refractivity contribution is 7.11. The molecule has 208 valence electrons. The molecule has 0 atom stereocenters. The number of hydrogen-bond donors (Lipinski definition) is 0. The summed E-state index contributed by atoms with van der Waals surface area (Å²) in [5.74, 6) is 0.674. The Morgan fingerprint density at radius 3 is 2.38 bits per heavy atom. The van der Waals surface area contributed by atoms with E-state index in [1.807, 2.05) is 44.2 Å². The second-order valence-electron chi connectivity index (χ2n) is 9.15. The minimum atomic E-state index is -0.531. The van der Waals surface area contributed by atoms with Crippen molar-refractivity contribution in [3.63, 3.8) is 0 Å². The van der Waals surface area contributed by atoms with Crippen molar-refractivity contribution in [2.45, 2.75) is 39.7 Å². The van der Waals surface area contributed by atoms with Gasteiger partial charge in [0, 0.05) is 40.5 Å². The number of nitro benzene ring substituents is 1. The molecule has 0 fully saturated rings. The number of aryl methyl sites for hydroxylation is 1. The van der Waals surface area contributed by atoms with E-state index in [9.17, 15) is 19.7 Å². The van der Waals surface area contributed by atoms with Crippen LogP contribution in [0.25, 0.3) is 0 Å². The summed E-state index contributed by atoms with van der Waals surface area (Å²) in [6.45, 7) is 5.17. The molecule has 0 saturated heterocycles. The van der Waals surface area contributed by atoms with E-state index >= 15 is 0 Å². The summed E-state index contributed by atoms with van der Waals surface area (Å²) in [5.41, 5.74) is 1.02. The Balaban J connectivity index is 1.81. The minimum Gasteiger partial charge on any atom is -0.493 e. The van der Waals surface area contributed by atoms with Crippen molar-refractivity contribution in [1.29, 1.82) is 0 Å². The van der Waals surface area contributed by atoms with E-state index in [-0.39, 0.29) is 23.7 Å². The number of carbonyl (C=O) groups is 2. The molecule has 0 radical (unpaired) electrons. The van der Waals surface area contributed by atoms with E-state index in [4.69, 9.17) is 9.47 Å². The Hall–Kier alpha value is -3.92. The zero-order valence-corrected chi connectivity index (χ0v) is 23.7. The third-order valence-electron chi connectivity index (χ3n) is 6.31. The zero-order chi connectivity index (χ0) is 28.4. The average molecular weight is 554 g/mol. The maximum absolute atomic E-state index is 13.7. The highest BCUT2D eigenvalue weighted by Crippen LogP contribution is 2.28. The molecule has 1 aromatic heterocycles. The molecule has 3 rings (SSSR count). The summed E-state index contributed by atoms with van der Waals surface area (Å²) in [5, 5.41) is 11.2. The monoisotopic (exact) mass is 553 g/mol. The summed E-state index contributed by atoms with van der Waals surface area (Å²) in [6.07, 6.45) is 2.14. The number of amides is 2. The molecule has 2 aromatic carbocycles. The van der Waals surface area contributed by atoms with Gasteiger partial charge in [-0.2, -0.15) is 0 Å². The molecule has 0 spiro atoms. The molecular weight excluding hydrogens is 518 g/mol. The Bertz CT molecular complexity index is 1290. The number of methoxy groups -OCH3 is 2. The third kappa shape index (κ3) is 8.28. The van der Waals surface area contributed by atoms with Crippen molar-refractivity contribution in [2.24, 2.45) is 0 Å². The number of benzene rings is 2. The van der Waals surface area contributed by atoms with Crippen LogP contribution in [0.15, 0.2) is 54.6 Å². The fraction of sp³-hybridized carbons (Fsp3) is 0.379. The lowest BCUT2D eigenvalue weighted by Crippen LogP contribution is -2.43. The fourth-order valence-corrected chi connectivity index (χ4v) is 5.06. The van der Waals surface area contributed by atoms with Crippen LogP contribution < -0.4 is 9.47 Å². The third-order valence-corrected chi connectivity index (χ3v) is 7.30. The maximum atomic E-state index is 13.7. The number of nitro groups is 1. The first kappa shape index (κ1) is 29.6. The van der Waals surface area contributed by atoms with Crippen molar-refractivity contribution in [3.8, 4) is 11.5 Å². The number of non-ortho nitro benzene ring substituents is 1. The van der Waals surface area contributed by atoms with Crippen molar-refractivity contribution in [1.82, 2.24) is 9.80 Å². The van der Waals surface area contributed by atoms with Crippen LogP contribution in [-0.4, -0.2) is 60.4 Å². The lowest BCUT2D eigenvalue weighted by Gasteiger charge is -2.28. The predicted octanol–water partition coefficient (Wildman–Crippen LogP) is 5.50. The van der Waals surface area contributed by atoms with Crippen molar-refractivity contribution < 1.29 is 24.0 Å². The number of rotatable bonds is 14. The summed E-state index contributed by atoms with van der Waals surface area (Å²) in [7, 11) is 3.17. The van der Waals surface area contributed by atoms with Crippen molar-refractivity contribution in [3.05, 3.63) is 85.6 Å². The molecule has 3 aromatic rings. The van der Waals surface area contributed by atoms with Gasteiger partial charge in [-0.3, -0.25) is 19.7 Å². The molecule has 0 saturated carbocycles. The van der Waals surface area contributed by atoms with Gasteiger partial charge >= 0.3 is 0 Å². The highest BCUT2D eigenvalue weighted by atomic mass is 32.1. The quantitative estimate of drug-likeness (QED) is 0.193. The Kier molecular flexibility index (Phi) is 10.9. The van der Waals surface area contributed by atoms with Crippen LogP contribution in [0.3, 0.4) is 0 Å². The molecule has 0 aliphatic carbocycles. The number of hydrogen-bond acceptors (Lipinski definition) is 7. The smallest absolute Gasteiger partial charge is 0.270 e. The van der Waals surface area contributed by atoms with Crippen LogP contribution in [-0.2, 0) is 17.8 Å². The second-order valence-corrected chi connectivity index (χ2v) is 10.5. The highest BCUT2D eigenvalue weighted by Gasteiger charge is 2.24. The first-order valence-corrected chi connectivity index (χ1v) is 13.6. The lowest BCUT2D eigenvalue weighted by molar-refractivity contribution is -0.384. The second kappa shape index (κ2) is 14.3. The van der Waals surface area contributed by atoms with Crippen molar-refractivity contribution in [2.75, 3.05) is 33.9 Å². The average Bonchev–Trinajstić information content (AvgIpc) is 3.36. The Labute approximate surface area is 233 Å². The number of carbonyl (C=O) groups excluding carboxylic acids is 2. The van der Waals surface area contributed by atoms with Gasteiger partial charge < -0.3 is 19.3 Å². The van der Waals surface area contributed by atoms with Crippen LogP contribution >= 0.6 is 11.3 Å². The number of thiophene rings is 1. The first-order valence-electron chi connectivity index (χ1n) is 12.8. The molecule has 9 nitrogen and oxygen atoms in total. The van der Waals surface area contributed by atoms with E-state index in [0.717, 1.165) is 21.7 Å². The van der Waals surface area contributed by atoms with Gasteiger partial charge in [-0.05, 0) is 55.7 Å². The van der Waals surface area contributed by atoms with Crippen molar-refractivity contribution >= 4 is 28.8 Å². The van der Waals surface area contributed by atoms with Gasteiger partial charge in [0.15, 0.2) is 11.5 Å². The Morgan fingerprint density at radius 1 is 0.974 bits per heavy atom. The maximum Gasteiger partial charge on any atom is 0.270 e. The molecule has 39 heavy (non-hydrogen) atoms. The summed E-state index contributed by atoms with van der Waals surface area (Å²) >= 11 is 1.63. The van der Waals surface area contributed by atoms with Gasteiger partial charge in [0.05, 0.1) is 25.7 Å². The zero-order valence-electron chi connectivity index (χ0n) is 22.8. The van der Waals surface area contributed by atoms with Crippen LogP contribution in [0, 0.1) is 17.0 Å². The number of unbranched alkanes of at least 4 members (excludes halogenated alkanes) is 1. The van der Waals surface area contributed by atoms with Gasteiger partial charge in [0.25, 0.3) is 11.6 Å². The molecule has 2 amide bonds. The van der Waals surface area contributed by atoms with Gasteiger partial charge in [-0.25, -0.2) is 0 Å². The molecule has 0 bridgehead atoms. The number of ether oxygens (including phenoxy) is 2. The minimum absolute atomic E-state index is 0.113. The molecule has 0 unspecified atom stereocenters. The van der Waals surface area contributed by atoms with E-state index in [1.165, 1.54) is 23.1 Å². The topological polar surface area (TPSA) is 102 Å². The van der Waals surface area contributed by atoms with Crippen LogP contribution in [0.4, 0.5) is 5.69 Å². The van der Waals surface area contributed by atoms with Gasteiger partial charge in [-0.1, -0.05) is 25.5 Å². The molecule has 0 aliphatic heterocycles. The van der Waals surface area contributed by atoms with E-state index in [1.54, 1.807) is 36.5 Å². The summed E-state index contributed by atoms with van der Waals surface area (Å²) < 4.78 is 10.7. The largest absolute Gasteiger partial charge is 0.493 e. The SMILES string of the molecule is CCCCN(CC(=O)N(CCc1ccc(OC)c(OC)c1)Cc1ccc(C)s1)C(=O)c1cccc([N+](=O)[O-])c1. The van der Waals surface area contributed by atoms with E-state index in [0.29, 0.717) is 44.0 Å². The summed E-state index contributed by atoms with van der Waals surface area (Å²) in [6, 6.07) is 15.4. The lowest BCUT2D eigenvalue weighted by atomic mass is 10.1. The fourth-order valence-electron chi connectivity index (χ4n) is 4.15. The van der Waals surface area contributed by atoms with E-state index < -0.39 is 10.8 Å². The van der Waals surface area contributed by atoms with Gasteiger partial charge in [-0.15, -0.1) is 11.3 Å². The van der Waals surface area contributed by atoms with Crippen LogP contribution in [0.5, 0.6) is 11.5 Å². The first-order chi connectivity index (χ1) is 18.7. The molecule has 0 aliphatic rings. The van der Waals surface area contributed by atoms with Gasteiger partial charge in [0.2, 0.25) is 5.91 Å². The normalized spacial score (nSPS) is 10.7. The molecular formula is C29H35N3O6S. The molecule has 10 heteroatoms. The van der Waals surface area contributed by atoms with Crippen LogP contribution in [0.2, 0.25) is 0 Å². The number of nitrogens with zero attached hydrogens (tertiary/aromatic N) is 3. The van der Waals surface area contributed by atoms with Crippen LogP contribution in [0.1, 0.15) is 45.4 Å². The van der Waals surface area contributed by atoms with E-state index in [2.05, 4.69) is 0 Å². The molecule has 0 N–H and O–H groups in total. The Morgan fingerprint density at radius 2 is 1.74 bits per heavy atom. The standard InChI is InChI=1S/C29H35N3O6S/c1-5-6-15-31(29(34)23-8-7-9-24(18-23)32(35)36)20-28(33)30(19-25-12-10-21(2)39-25)16-14-22-11-13-26(37-3)27(17-22)38-4/h7-13,17-18H,5-6,14-16,19-20H2,1-4H3. The predicted molar refractivity (Wildman–Crippen MR) is 152 cm³/mol. The summed E-state index contributed by atoms with van der Waals surface area (Å²) in [4.78, 5) is 43.2.